The van der Waals surface area contributed by atoms with Crippen molar-refractivity contribution in [1.82, 2.24) is 9.80 Å². The normalized spacial score (nSPS) is 15.7. The average Bonchev–Trinajstić information content (AvgIpc) is 2.86. The maximum absolute atomic E-state index is 11.6. The molecule has 0 bridgehead atoms. The van der Waals surface area contributed by atoms with Crippen molar-refractivity contribution in [3.05, 3.63) is 21.9 Å². The average molecular weight is 268 g/mol. The quantitative estimate of drug-likeness (QED) is 0.631. The molecule has 1 N–H and O–H groups in total. The van der Waals surface area contributed by atoms with Crippen molar-refractivity contribution >= 4 is 35.2 Å². The lowest BCUT2D eigenvalue weighted by molar-refractivity contribution is -0.143. The number of urea groups is 1. The molecule has 7 nitrogen and oxygen atoms in total. The van der Waals surface area contributed by atoms with Gasteiger partial charge in [0.1, 0.15) is 4.88 Å². The molecular weight excluding hydrogens is 260 g/mol. The molecule has 0 radical (unpaired) electrons. The van der Waals surface area contributed by atoms with Crippen molar-refractivity contribution in [2.45, 2.75) is 6.54 Å². The smallest absolute Gasteiger partial charge is 0.345 e. The molecule has 0 spiro atoms. The van der Waals surface area contributed by atoms with Gasteiger partial charge in [0.25, 0.3) is 0 Å². The fourth-order valence-electron chi connectivity index (χ4n) is 1.49. The summed E-state index contributed by atoms with van der Waals surface area (Å²) in [6.45, 7) is -0.0916. The van der Waals surface area contributed by atoms with Crippen LogP contribution in [-0.4, -0.2) is 45.8 Å². The van der Waals surface area contributed by atoms with Crippen LogP contribution in [0.2, 0.25) is 0 Å². The first kappa shape index (κ1) is 12.2. The Bertz CT molecular complexity index is 564. The molecule has 2 rings (SSSR count). The van der Waals surface area contributed by atoms with Crippen molar-refractivity contribution in [1.29, 1.82) is 0 Å². The molecule has 1 aromatic rings. The zero-order valence-corrected chi connectivity index (χ0v) is 10.1. The van der Waals surface area contributed by atoms with Gasteiger partial charge in [-0.15, -0.1) is 11.3 Å². The third kappa shape index (κ3) is 1.86. The highest BCUT2D eigenvalue weighted by atomic mass is 32.1. The van der Waals surface area contributed by atoms with E-state index in [0.29, 0.717) is 4.88 Å². The highest BCUT2D eigenvalue weighted by Gasteiger charge is 2.42. The van der Waals surface area contributed by atoms with Gasteiger partial charge >= 0.3 is 23.8 Å². The van der Waals surface area contributed by atoms with Gasteiger partial charge in [0, 0.05) is 11.9 Å². The molecule has 1 aliphatic heterocycles. The number of amides is 4. The van der Waals surface area contributed by atoms with E-state index in [1.807, 2.05) is 0 Å². The number of carbonyl (C=O) groups is 4. The number of nitrogens with zero attached hydrogens (tertiary/aromatic N) is 2. The summed E-state index contributed by atoms with van der Waals surface area (Å²) in [5, 5.41) is 8.75. The van der Waals surface area contributed by atoms with Crippen LogP contribution < -0.4 is 0 Å². The van der Waals surface area contributed by atoms with Crippen LogP contribution in [0.5, 0.6) is 0 Å². The second-order valence-electron chi connectivity index (χ2n) is 3.61. The monoisotopic (exact) mass is 268 g/mol. The van der Waals surface area contributed by atoms with Crippen LogP contribution >= 0.6 is 11.3 Å². The van der Waals surface area contributed by atoms with E-state index in [1.165, 1.54) is 19.2 Å². The molecule has 0 aliphatic carbocycles. The first-order valence-corrected chi connectivity index (χ1v) is 5.69. The molecule has 18 heavy (non-hydrogen) atoms. The van der Waals surface area contributed by atoms with Crippen LogP contribution in [0, 0.1) is 0 Å². The SMILES string of the molecule is CN1C(=O)C(=O)N(Cc2ccc(C(=O)O)s2)C1=O. The molecule has 8 heteroatoms. The van der Waals surface area contributed by atoms with Crippen molar-refractivity contribution in [2.75, 3.05) is 7.05 Å². The molecular formula is C10H8N2O5S. The van der Waals surface area contributed by atoms with E-state index in [2.05, 4.69) is 0 Å². The molecule has 1 aliphatic rings. The Balaban J connectivity index is 2.19. The highest BCUT2D eigenvalue weighted by molar-refractivity contribution is 7.13. The molecule has 94 valence electrons. The standard InChI is InChI=1S/C10H8N2O5S/c1-11-7(13)8(14)12(10(11)17)4-5-2-3-6(18-5)9(15)16/h2-3H,4H2,1H3,(H,15,16). The summed E-state index contributed by atoms with van der Waals surface area (Å²) in [5.41, 5.74) is 0. The number of carbonyl (C=O) groups excluding carboxylic acids is 3. The van der Waals surface area contributed by atoms with Gasteiger partial charge in [0.2, 0.25) is 0 Å². The molecule has 0 atom stereocenters. The first-order valence-electron chi connectivity index (χ1n) is 4.87. The lowest BCUT2D eigenvalue weighted by Crippen LogP contribution is -2.30. The van der Waals surface area contributed by atoms with Gasteiger partial charge in [-0.3, -0.25) is 19.4 Å². The Morgan fingerprint density at radius 1 is 1.28 bits per heavy atom. The zero-order valence-electron chi connectivity index (χ0n) is 9.24. The van der Waals surface area contributed by atoms with E-state index >= 15 is 0 Å². The lowest BCUT2D eigenvalue weighted by atomic mass is 10.4. The fourth-order valence-corrected chi connectivity index (χ4v) is 2.32. The van der Waals surface area contributed by atoms with E-state index in [4.69, 9.17) is 5.11 Å². The Morgan fingerprint density at radius 3 is 2.39 bits per heavy atom. The van der Waals surface area contributed by atoms with E-state index < -0.39 is 23.8 Å². The third-order valence-electron chi connectivity index (χ3n) is 2.44. The maximum atomic E-state index is 11.6. The van der Waals surface area contributed by atoms with Crippen LogP contribution in [-0.2, 0) is 16.1 Å². The molecule has 0 saturated carbocycles. The third-order valence-corrected chi connectivity index (χ3v) is 3.49. The van der Waals surface area contributed by atoms with Crippen LogP contribution in [0.4, 0.5) is 4.79 Å². The van der Waals surface area contributed by atoms with Crippen molar-refractivity contribution in [3.63, 3.8) is 0 Å². The summed E-state index contributed by atoms with van der Waals surface area (Å²) in [6.07, 6.45) is 0. The second-order valence-corrected chi connectivity index (χ2v) is 4.78. The molecule has 0 aromatic carbocycles. The molecule has 0 unspecified atom stereocenters. The number of thiophene rings is 1. The molecule has 2 heterocycles. The van der Waals surface area contributed by atoms with Gasteiger partial charge in [0.05, 0.1) is 6.54 Å². The number of rotatable bonds is 3. The predicted octanol–water partition coefficient (Wildman–Crippen LogP) is 0.367. The Morgan fingerprint density at radius 2 is 1.94 bits per heavy atom. The zero-order chi connectivity index (χ0) is 13.4. The van der Waals surface area contributed by atoms with Crippen LogP contribution in [0.15, 0.2) is 12.1 Å². The number of carboxylic acids is 1. The number of imide groups is 2. The van der Waals surface area contributed by atoms with Gasteiger partial charge in [0.15, 0.2) is 0 Å². The van der Waals surface area contributed by atoms with E-state index in [1.54, 1.807) is 0 Å². The summed E-state index contributed by atoms with van der Waals surface area (Å²) in [5.74, 6) is -2.85. The topological polar surface area (TPSA) is 95.0 Å². The summed E-state index contributed by atoms with van der Waals surface area (Å²) >= 11 is 0.959. The molecule has 4 amide bonds. The van der Waals surface area contributed by atoms with Gasteiger partial charge in [-0.1, -0.05) is 0 Å². The minimum Gasteiger partial charge on any atom is -0.477 e. The largest absolute Gasteiger partial charge is 0.477 e. The maximum Gasteiger partial charge on any atom is 0.345 e. The Kier molecular flexibility index (Phi) is 2.87. The summed E-state index contributed by atoms with van der Waals surface area (Å²) in [7, 11) is 1.22. The molecule has 1 saturated heterocycles. The lowest BCUT2D eigenvalue weighted by Gasteiger charge is -2.10. The van der Waals surface area contributed by atoms with Crippen LogP contribution in [0.25, 0.3) is 0 Å². The van der Waals surface area contributed by atoms with E-state index in [-0.39, 0.29) is 11.4 Å². The summed E-state index contributed by atoms with van der Waals surface area (Å²) in [6, 6.07) is 2.20. The van der Waals surface area contributed by atoms with Gasteiger partial charge in [-0.05, 0) is 12.1 Å². The number of carboxylic acid groups (broad SMARTS) is 1. The van der Waals surface area contributed by atoms with Gasteiger partial charge in [-0.2, -0.15) is 0 Å². The Hall–Kier alpha value is -2.22. The highest BCUT2D eigenvalue weighted by Crippen LogP contribution is 2.21. The van der Waals surface area contributed by atoms with E-state index in [9.17, 15) is 19.2 Å². The van der Waals surface area contributed by atoms with Crippen LogP contribution in [0.1, 0.15) is 14.5 Å². The second kappa shape index (κ2) is 4.22. The molecule has 1 fully saturated rings. The number of hydrogen-bond acceptors (Lipinski definition) is 5. The van der Waals surface area contributed by atoms with Crippen molar-refractivity contribution < 1.29 is 24.3 Å². The van der Waals surface area contributed by atoms with Gasteiger partial charge in [-0.25, -0.2) is 9.59 Å². The van der Waals surface area contributed by atoms with Crippen LogP contribution in [0.3, 0.4) is 0 Å². The van der Waals surface area contributed by atoms with Gasteiger partial charge < -0.3 is 5.11 Å². The summed E-state index contributed by atoms with van der Waals surface area (Å²) in [4.78, 5) is 47.1. The minimum atomic E-state index is -1.07. The van der Waals surface area contributed by atoms with Crippen molar-refractivity contribution in [3.8, 4) is 0 Å². The number of aromatic carboxylic acids is 1. The summed E-state index contributed by atoms with van der Waals surface area (Å²) < 4.78 is 0. The van der Waals surface area contributed by atoms with Crippen molar-refractivity contribution in [2.24, 2.45) is 0 Å². The Labute approximate surface area is 105 Å². The molecule has 1 aromatic heterocycles. The first-order chi connectivity index (χ1) is 8.41. The number of hydrogen-bond donors (Lipinski definition) is 1. The minimum absolute atomic E-state index is 0.0916. The fraction of sp³-hybridized carbons (Fsp3) is 0.200. The predicted molar refractivity (Wildman–Crippen MR) is 60.0 cm³/mol. The van der Waals surface area contributed by atoms with E-state index in [0.717, 1.165) is 21.1 Å². The number of likely N-dealkylation sites (N-methyl/N-ethyl adjacent to an activating group) is 1.